The molecule has 1 heterocycles. The second-order valence-electron chi connectivity index (χ2n) is 3.13. The van der Waals surface area contributed by atoms with Gasteiger partial charge < -0.3 is 4.74 Å². The molecule has 0 amide bonds. The Bertz CT molecular complexity index is 232. The maximum absolute atomic E-state index is 10.9. The molecule has 1 aliphatic rings. The summed E-state index contributed by atoms with van der Waals surface area (Å²) in [6.07, 6.45) is 5.66. The van der Waals surface area contributed by atoms with Crippen molar-refractivity contribution in [1.29, 1.82) is 0 Å². The second-order valence-corrected chi connectivity index (χ2v) is 3.13. The van der Waals surface area contributed by atoms with Gasteiger partial charge in [0.25, 0.3) is 0 Å². The fraction of sp³-hybridized carbons (Fsp3) is 0.500. The van der Waals surface area contributed by atoms with Crippen LogP contribution >= 0.6 is 0 Å². The molecule has 12 heavy (non-hydrogen) atoms. The van der Waals surface area contributed by atoms with Gasteiger partial charge in [-0.2, -0.15) is 0 Å². The average molecular weight is 166 g/mol. The molecule has 0 bridgehead atoms. The van der Waals surface area contributed by atoms with Crippen LogP contribution in [0.1, 0.15) is 26.7 Å². The number of rotatable bonds is 2. The lowest BCUT2D eigenvalue weighted by Gasteiger charge is -1.90. The zero-order valence-corrected chi connectivity index (χ0v) is 7.59. The van der Waals surface area contributed by atoms with Gasteiger partial charge in [0.05, 0.1) is 6.61 Å². The Morgan fingerprint density at radius 3 is 2.83 bits per heavy atom. The summed E-state index contributed by atoms with van der Waals surface area (Å²) in [5.74, 6) is -0.142. The normalized spacial score (nSPS) is 19.5. The molecule has 0 aromatic heterocycles. The van der Waals surface area contributed by atoms with Crippen molar-refractivity contribution >= 4 is 5.97 Å². The van der Waals surface area contributed by atoms with Crippen molar-refractivity contribution in [3.63, 3.8) is 0 Å². The highest BCUT2D eigenvalue weighted by molar-refractivity contribution is 5.90. The van der Waals surface area contributed by atoms with Crippen LogP contribution in [0.2, 0.25) is 0 Å². The summed E-state index contributed by atoms with van der Waals surface area (Å²) >= 11 is 0. The maximum atomic E-state index is 10.9. The smallest absolute Gasteiger partial charge is 0.333 e. The van der Waals surface area contributed by atoms with Crippen LogP contribution in [0.25, 0.3) is 0 Å². The first kappa shape index (κ1) is 9.04. The van der Waals surface area contributed by atoms with Crippen LogP contribution in [0, 0.1) is 0 Å². The van der Waals surface area contributed by atoms with E-state index >= 15 is 0 Å². The molecule has 0 saturated carbocycles. The number of cyclic esters (lactones) is 1. The van der Waals surface area contributed by atoms with Crippen molar-refractivity contribution in [3.05, 3.63) is 23.3 Å². The van der Waals surface area contributed by atoms with Crippen LogP contribution in [0.15, 0.2) is 23.3 Å². The van der Waals surface area contributed by atoms with Gasteiger partial charge in [-0.05, 0) is 20.3 Å². The molecule has 1 aliphatic heterocycles. The van der Waals surface area contributed by atoms with Gasteiger partial charge in [0.15, 0.2) is 0 Å². The molecule has 0 unspecified atom stereocenters. The van der Waals surface area contributed by atoms with Crippen LogP contribution in [-0.2, 0) is 9.53 Å². The summed E-state index contributed by atoms with van der Waals surface area (Å²) in [6.45, 7) is 4.65. The molecule has 0 spiro atoms. The molecular weight excluding hydrogens is 152 g/mol. The maximum Gasteiger partial charge on any atom is 0.333 e. The Morgan fingerprint density at radius 2 is 2.33 bits per heavy atom. The first-order valence-electron chi connectivity index (χ1n) is 4.19. The molecular formula is C10H14O2. The lowest BCUT2D eigenvalue weighted by atomic mass is 10.1. The Hall–Kier alpha value is -1.05. The summed E-state index contributed by atoms with van der Waals surface area (Å²) in [4.78, 5) is 10.9. The first-order valence-corrected chi connectivity index (χ1v) is 4.19. The minimum Gasteiger partial charge on any atom is -0.462 e. The average Bonchev–Trinajstić information content (AvgIpc) is 2.36. The van der Waals surface area contributed by atoms with Gasteiger partial charge in [-0.25, -0.2) is 4.79 Å². The highest BCUT2D eigenvalue weighted by Gasteiger charge is 2.17. The van der Waals surface area contributed by atoms with Crippen molar-refractivity contribution in [2.75, 3.05) is 6.61 Å². The number of carbonyl (C=O) groups is 1. The van der Waals surface area contributed by atoms with Crippen molar-refractivity contribution in [2.45, 2.75) is 26.7 Å². The lowest BCUT2D eigenvalue weighted by molar-refractivity contribution is -0.135. The predicted octanol–water partition coefficient (Wildman–Crippen LogP) is 2.22. The molecule has 0 radical (unpaired) electrons. The minimum absolute atomic E-state index is 0.142. The Balaban J connectivity index is 2.46. The number of allylic oxidation sites excluding steroid dienone is 3. The van der Waals surface area contributed by atoms with Crippen molar-refractivity contribution in [1.82, 2.24) is 0 Å². The van der Waals surface area contributed by atoms with Crippen molar-refractivity contribution in [3.8, 4) is 0 Å². The molecule has 2 nitrogen and oxygen atoms in total. The highest BCUT2D eigenvalue weighted by Crippen LogP contribution is 2.13. The molecule has 0 aromatic carbocycles. The SMILES string of the molecule is CC(C)=CC/C=C1\CCOC1=O. The van der Waals surface area contributed by atoms with Gasteiger partial charge in [-0.1, -0.05) is 17.7 Å². The third-order valence-corrected chi connectivity index (χ3v) is 1.76. The van der Waals surface area contributed by atoms with E-state index < -0.39 is 0 Å². The molecule has 0 aliphatic carbocycles. The minimum atomic E-state index is -0.142. The summed E-state index contributed by atoms with van der Waals surface area (Å²) in [5, 5.41) is 0. The number of hydrogen-bond donors (Lipinski definition) is 0. The number of ether oxygens (including phenoxy) is 1. The van der Waals surface area contributed by atoms with Gasteiger partial charge in [0.2, 0.25) is 0 Å². The molecule has 0 N–H and O–H groups in total. The lowest BCUT2D eigenvalue weighted by Crippen LogP contribution is -1.93. The van der Waals surface area contributed by atoms with E-state index in [1.54, 1.807) is 0 Å². The quantitative estimate of drug-likeness (QED) is 0.357. The van der Waals surface area contributed by atoms with Crippen LogP contribution in [0.3, 0.4) is 0 Å². The monoisotopic (exact) mass is 166 g/mol. The summed E-state index contributed by atoms with van der Waals surface area (Å²) in [7, 11) is 0. The molecule has 1 rings (SSSR count). The zero-order valence-electron chi connectivity index (χ0n) is 7.59. The Labute approximate surface area is 72.9 Å². The van der Waals surface area contributed by atoms with E-state index in [1.165, 1.54) is 5.57 Å². The predicted molar refractivity (Wildman–Crippen MR) is 47.7 cm³/mol. The highest BCUT2D eigenvalue weighted by atomic mass is 16.5. The van der Waals surface area contributed by atoms with Crippen molar-refractivity contribution in [2.24, 2.45) is 0 Å². The second kappa shape index (κ2) is 4.10. The fourth-order valence-corrected chi connectivity index (χ4v) is 1.07. The summed E-state index contributed by atoms with van der Waals surface area (Å²) in [6, 6.07) is 0. The number of hydrogen-bond acceptors (Lipinski definition) is 2. The first-order chi connectivity index (χ1) is 5.70. The van der Waals surface area contributed by atoms with Gasteiger partial charge >= 0.3 is 5.97 Å². The molecule has 0 atom stereocenters. The van der Waals surface area contributed by atoms with Crippen molar-refractivity contribution < 1.29 is 9.53 Å². The van der Waals surface area contributed by atoms with E-state index in [1.807, 2.05) is 19.9 Å². The molecule has 66 valence electrons. The third kappa shape index (κ3) is 2.53. The van der Waals surface area contributed by atoms with E-state index in [0.29, 0.717) is 6.61 Å². The fourth-order valence-electron chi connectivity index (χ4n) is 1.07. The van der Waals surface area contributed by atoms with E-state index in [9.17, 15) is 4.79 Å². The molecule has 0 aromatic rings. The summed E-state index contributed by atoms with van der Waals surface area (Å²) < 4.78 is 4.80. The van der Waals surface area contributed by atoms with Gasteiger partial charge in [-0.3, -0.25) is 0 Å². The van der Waals surface area contributed by atoms with Gasteiger partial charge in [0, 0.05) is 12.0 Å². The third-order valence-electron chi connectivity index (χ3n) is 1.76. The van der Waals surface area contributed by atoms with E-state index in [4.69, 9.17) is 4.74 Å². The van der Waals surface area contributed by atoms with E-state index in [2.05, 4.69) is 6.08 Å². The van der Waals surface area contributed by atoms with Gasteiger partial charge in [0.1, 0.15) is 0 Å². The van der Waals surface area contributed by atoms with Crippen LogP contribution < -0.4 is 0 Å². The van der Waals surface area contributed by atoms with Gasteiger partial charge in [-0.15, -0.1) is 0 Å². The standard InChI is InChI=1S/C10H14O2/c1-8(2)4-3-5-9-6-7-12-10(9)11/h4-5H,3,6-7H2,1-2H3/b9-5+. The van der Waals surface area contributed by atoms with Crippen LogP contribution in [0.5, 0.6) is 0 Å². The molecule has 1 saturated heterocycles. The van der Waals surface area contributed by atoms with E-state index in [-0.39, 0.29) is 5.97 Å². The largest absolute Gasteiger partial charge is 0.462 e. The summed E-state index contributed by atoms with van der Waals surface area (Å²) in [5.41, 5.74) is 2.10. The van der Waals surface area contributed by atoms with E-state index in [0.717, 1.165) is 18.4 Å². The van der Waals surface area contributed by atoms with Crippen LogP contribution in [-0.4, -0.2) is 12.6 Å². The number of esters is 1. The van der Waals surface area contributed by atoms with Crippen LogP contribution in [0.4, 0.5) is 0 Å². The Morgan fingerprint density at radius 1 is 1.58 bits per heavy atom. The molecule has 2 heteroatoms. The molecule has 1 fully saturated rings. The zero-order chi connectivity index (χ0) is 8.97. The number of carbonyl (C=O) groups excluding carboxylic acids is 1. The Kier molecular flexibility index (Phi) is 3.09. The topological polar surface area (TPSA) is 26.3 Å².